The van der Waals surface area contributed by atoms with Crippen molar-refractivity contribution < 1.29 is 56.6 Å². The van der Waals surface area contributed by atoms with Crippen LogP contribution in [0, 0.1) is 0 Å². The Hall–Kier alpha value is -3.05. The summed E-state index contributed by atoms with van der Waals surface area (Å²) in [6, 6.07) is 0. The molecule has 2 atom stereocenters. The van der Waals surface area contributed by atoms with Crippen LogP contribution in [0.1, 0.15) is 27.7 Å². The van der Waals surface area contributed by atoms with Crippen molar-refractivity contribution in [1.82, 2.24) is 0 Å². The fraction of sp³-hybridized carbons (Fsp3) is 0.455. The number of phosphoric ester groups is 1. The first kappa shape index (κ1) is 31.9. The second-order valence-corrected chi connectivity index (χ2v) is 8.89. The van der Waals surface area contributed by atoms with Gasteiger partial charge in [0.2, 0.25) is 0 Å². The minimum absolute atomic E-state index is 0.0242. The molecule has 0 rings (SSSR count). The Morgan fingerprint density at radius 2 is 0.914 bits per heavy atom. The molecule has 0 aromatic carbocycles. The van der Waals surface area contributed by atoms with Gasteiger partial charge < -0.3 is 23.8 Å². The molecule has 0 saturated heterocycles. The number of carbonyl (C=O) groups is 4. The van der Waals surface area contributed by atoms with Crippen LogP contribution in [0.3, 0.4) is 0 Å². The maximum atomic E-state index is 12.3. The Labute approximate surface area is 203 Å². The average Bonchev–Trinajstić information content (AvgIpc) is 2.76. The van der Waals surface area contributed by atoms with Crippen molar-refractivity contribution >= 4 is 31.7 Å². The topological polar surface area (TPSA) is 161 Å². The van der Waals surface area contributed by atoms with Crippen LogP contribution in [-0.2, 0) is 51.7 Å². The zero-order chi connectivity index (χ0) is 27.3. The molecule has 1 N–H and O–H groups in total. The Kier molecular flexibility index (Phi) is 13.7. The second kappa shape index (κ2) is 15.0. The lowest BCUT2D eigenvalue weighted by Gasteiger charge is -2.22. The van der Waals surface area contributed by atoms with Gasteiger partial charge in [-0.3, -0.25) is 9.05 Å². The largest absolute Gasteiger partial charge is 0.472 e. The molecule has 0 bridgehead atoms. The minimum Gasteiger partial charge on any atom is -0.458 e. The van der Waals surface area contributed by atoms with Gasteiger partial charge in [-0.25, -0.2) is 23.7 Å². The SMILES string of the molecule is C=C(C)C(=O)OCC(COP(=O)(O)OCC(COC(=O)C(=C)C)OC(=O)C(=C)C)OC(=O)C(=C)C. The molecule has 0 radical (unpaired) electrons. The standard InChI is InChI=1S/C22H31O12P/c1-13(2)19(23)29-9-17(33-21(25)15(5)6)11-31-35(27,28)32-12-18(34-22(26)16(7)8)10-30-20(24)14(3)4/h17-18H,1,3,5,7,9-12H2,2,4,6,8H3,(H,27,28). The van der Waals surface area contributed by atoms with Gasteiger partial charge in [-0.2, -0.15) is 0 Å². The molecule has 2 unspecified atom stereocenters. The molecule has 13 heteroatoms. The molecule has 0 fully saturated rings. The van der Waals surface area contributed by atoms with Crippen molar-refractivity contribution in [3.8, 4) is 0 Å². The van der Waals surface area contributed by atoms with Gasteiger partial charge in [0.1, 0.15) is 13.2 Å². The van der Waals surface area contributed by atoms with Gasteiger partial charge in [0.05, 0.1) is 13.2 Å². The molecule has 35 heavy (non-hydrogen) atoms. The quantitative estimate of drug-likeness (QED) is 0.138. The minimum atomic E-state index is -4.81. The molecule has 0 heterocycles. The number of carbonyl (C=O) groups excluding carboxylic acids is 4. The van der Waals surface area contributed by atoms with E-state index < -0.39 is 70.3 Å². The normalized spacial score (nSPS) is 13.9. The lowest BCUT2D eigenvalue weighted by atomic mass is 10.3. The highest BCUT2D eigenvalue weighted by Crippen LogP contribution is 2.43. The molecule has 0 aliphatic heterocycles. The zero-order valence-corrected chi connectivity index (χ0v) is 21.1. The molecule has 12 nitrogen and oxygen atoms in total. The molecule has 0 spiro atoms. The summed E-state index contributed by atoms with van der Waals surface area (Å²) in [4.78, 5) is 56.8. The summed E-state index contributed by atoms with van der Waals surface area (Å²) >= 11 is 0. The van der Waals surface area contributed by atoms with Crippen LogP contribution in [0.15, 0.2) is 48.6 Å². The van der Waals surface area contributed by atoms with Crippen molar-refractivity contribution in [2.75, 3.05) is 26.4 Å². The zero-order valence-electron chi connectivity index (χ0n) is 20.2. The van der Waals surface area contributed by atoms with Crippen LogP contribution in [-0.4, -0.2) is 67.4 Å². The molecule has 0 saturated carbocycles. The van der Waals surface area contributed by atoms with E-state index in [0.29, 0.717) is 0 Å². The van der Waals surface area contributed by atoms with Crippen LogP contribution in [0.4, 0.5) is 0 Å². The molecule has 0 aromatic heterocycles. The summed E-state index contributed by atoms with van der Waals surface area (Å²) in [5.74, 6) is -3.28. The number of hydrogen-bond acceptors (Lipinski definition) is 11. The Balaban J connectivity index is 5.17. The van der Waals surface area contributed by atoms with Crippen LogP contribution >= 0.6 is 7.82 Å². The van der Waals surface area contributed by atoms with E-state index in [2.05, 4.69) is 26.3 Å². The number of esters is 4. The Bertz CT molecular complexity index is 849. The van der Waals surface area contributed by atoms with Gasteiger partial charge in [-0.05, 0) is 27.7 Å². The van der Waals surface area contributed by atoms with Gasteiger partial charge in [-0.15, -0.1) is 0 Å². The third-order valence-electron chi connectivity index (χ3n) is 3.59. The van der Waals surface area contributed by atoms with Crippen molar-refractivity contribution in [2.45, 2.75) is 39.9 Å². The van der Waals surface area contributed by atoms with Crippen LogP contribution < -0.4 is 0 Å². The summed E-state index contributed by atoms with van der Waals surface area (Å²) in [5.41, 5.74) is 0.205. The van der Waals surface area contributed by atoms with Crippen molar-refractivity contribution in [2.24, 2.45) is 0 Å². The van der Waals surface area contributed by atoms with E-state index in [1.807, 2.05) is 0 Å². The van der Waals surface area contributed by atoms with Crippen LogP contribution in [0.2, 0.25) is 0 Å². The summed E-state index contributed by atoms with van der Waals surface area (Å²) in [6.07, 6.45) is -2.58. The van der Waals surface area contributed by atoms with E-state index in [1.165, 1.54) is 27.7 Å². The maximum absolute atomic E-state index is 12.3. The average molecular weight is 518 g/mol. The molecular weight excluding hydrogens is 487 g/mol. The van der Waals surface area contributed by atoms with Gasteiger partial charge in [0.25, 0.3) is 0 Å². The highest BCUT2D eigenvalue weighted by molar-refractivity contribution is 7.47. The molecule has 0 aromatic rings. The predicted octanol–water partition coefficient (Wildman–Crippen LogP) is 2.33. The van der Waals surface area contributed by atoms with Crippen LogP contribution in [0.25, 0.3) is 0 Å². The second-order valence-electron chi connectivity index (χ2n) is 7.43. The monoisotopic (exact) mass is 518 g/mol. The fourth-order valence-corrected chi connectivity index (χ4v) is 2.50. The summed E-state index contributed by atoms with van der Waals surface area (Å²) in [5, 5.41) is 0. The van der Waals surface area contributed by atoms with E-state index in [0.717, 1.165) is 0 Å². The lowest BCUT2D eigenvalue weighted by Crippen LogP contribution is -2.31. The number of ether oxygens (including phenoxy) is 4. The predicted molar refractivity (Wildman–Crippen MR) is 123 cm³/mol. The third kappa shape index (κ3) is 14.1. The summed E-state index contributed by atoms with van der Waals surface area (Å²) in [6.45, 7) is 16.7. The van der Waals surface area contributed by atoms with Crippen molar-refractivity contribution in [3.05, 3.63) is 48.6 Å². The number of hydrogen-bond donors (Lipinski definition) is 1. The van der Waals surface area contributed by atoms with Gasteiger partial charge in [-0.1, -0.05) is 26.3 Å². The Morgan fingerprint density at radius 3 is 1.17 bits per heavy atom. The first-order chi connectivity index (χ1) is 16.1. The Morgan fingerprint density at radius 1 is 0.629 bits per heavy atom. The van der Waals surface area contributed by atoms with E-state index in [4.69, 9.17) is 28.0 Å². The molecule has 196 valence electrons. The van der Waals surface area contributed by atoms with E-state index in [9.17, 15) is 28.6 Å². The number of phosphoric acid groups is 1. The van der Waals surface area contributed by atoms with Gasteiger partial charge >= 0.3 is 31.7 Å². The van der Waals surface area contributed by atoms with Crippen molar-refractivity contribution in [1.29, 1.82) is 0 Å². The van der Waals surface area contributed by atoms with E-state index in [-0.39, 0.29) is 22.3 Å². The first-order valence-electron chi connectivity index (χ1n) is 10.1. The smallest absolute Gasteiger partial charge is 0.458 e. The molecule has 0 aliphatic rings. The number of rotatable bonds is 16. The first-order valence-corrected chi connectivity index (χ1v) is 11.5. The van der Waals surface area contributed by atoms with E-state index >= 15 is 0 Å². The lowest BCUT2D eigenvalue weighted by molar-refractivity contribution is -0.157. The molecule has 0 amide bonds. The summed E-state index contributed by atoms with van der Waals surface area (Å²) in [7, 11) is -4.81. The maximum Gasteiger partial charge on any atom is 0.472 e. The van der Waals surface area contributed by atoms with Crippen LogP contribution in [0.5, 0.6) is 0 Å². The third-order valence-corrected chi connectivity index (χ3v) is 4.54. The van der Waals surface area contributed by atoms with E-state index in [1.54, 1.807) is 0 Å². The van der Waals surface area contributed by atoms with Gasteiger partial charge in [0.15, 0.2) is 12.2 Å². The van der Waals surface area contributed by atoms with Crippen molar-refractivity contribution in [3.63, 3.8) is 0 Å². The highest BCUT2D eigenvalue weighted by Gasteiger charge is 2.29. The molecular formula is C22H31O12P. The fourth-order valence-electron chi connectivity index (χ4n) is 1.71. The molecule has 0 aliphatic carbocycles. The van der Waals surface area contributed by atoms with Gasteiger partial charge in [0, 0.05) is 22.3 Å². The summed E-state index contributed by atoms with van der Waals surface area (Å²) < 4.78 is 41.8. The highest BCUT2D eigenvalue weighted by atomic mass is 31.2.